The van der Waals surface area contributed by atoms with Crippen LogP contribution >= 0.6 is 0 Å². The van der Waals surface area contributed by atoms with Crippen molar-refractivity contribution in [1.29, 1.82) is 0 Å². The molecule has 2 rings (SSSR count). The lowest BCUT2D eigenvalue weighted by Crippen LogP contribution is -2.25. The Morgan fingerprint density at radius 3 is 2.65 bits per heavy atom. The number of carbonyl (C=O) groups is 3. The van der Waals surface area contributed by atoms with Crippen LogP contribution in [-0.4, -0.2) is 48.6 Å². The van der Waals surface area contributed by atoms with Crippen LogP contribution in [0.3, 0.4) is 0 Å². The normalized spacial score (nSPS) is 19.8. The van der Waals surface area contributed by atoms with Crippen LogP contribution < -0.4 is 4.74 Å². The summed E-state index contributed by atoms with van der Waals surface area (Å²) >= 11 is 0. The number of carbonyl (C=O) groups excluding carboxylic acids is 3. The lowest BCUT2D eigenvalue weighted by molar-refractivity contribution is -0.142. The average Bonchev–Trinajstić information content (AvgIpc) is 2.78. The molecule has 1 fully saturated rings. The monoisotopic (exact) mass is 319 g/mol. The molecule has 1 aromatic carbocycles. The molecular formula is C16H17NO6. The Morgan fingerprint density at radius 2 is 2.04 bits per heavy atom. The lowest BCUT2D eigenvalue weighted by atomic mass is 9.92. The number of imide groups is 1. The molecule has 2 amide bonds. The highest BCUT2D eigenvalue weighted by Gasteiger charge is 2.45. The van der Waals surface area contributed by atoms with E-state index >= 15 is 0 Å². The first-order valence-corrected chi connectivity index (χ1v) is 6.98. The molecule has 7 heteroatoms. The number of aliphatic hydroxyl groups excluding tert-OH is 1. The molecule has 1 aromatic rings. The first kappa shape index (κ1) is 16.5. The first-order chi connectivity index (χ1) is 10.9. The standard InChI is InChI=1S/C16H17NO6/c1-4-23-16(21)13(18)12-11(14(19)17(2)15(12)20)9-6-5-7-10(8-9)22-3/h5-8,11,18H,4H2,1-3H3/b13-12-. The fourth-order valence-corrected chi connectivity index (χ4v) is 2.40. The third-order valence-corrected chi connectivity index (χ3v) is 3.55. The van der Waals surface area contributed by atoms with Gasteiger partial charge in [0, 0.05) is 7.05 Å². The van der Waals surface area contributed by atoms with Crippen LogP contribution in [0, 0.1) is 0 Å². The van der Waals surface area contributed by atoms with Crippen LogP contribution in [0.1, 0.15) is 18.4 Å². The van der Waals surface area contributed by atoms with Crippen molar-refractivity contribution in [3.05, 3.63) is 41.2 Å². The van der Waals surface area contributed by atoms with Crippen molar-refractivity contribution in [1.82, 2.24) is 4.90 Å². The minimum Gasteiger partial charge on any atom is -0.501 e. The highest BCUT2D eigenvalue weighted by molar-refractivity contribution is 6.19. The molecule has 1 heterocycles. The van der Waals surface area contributed by atoms with Gasteiger partial charge < -0.3 is 14.6 Å². The minimum atomic E-state index is -1.08. The van der Waals surface area contributed by atoms with Crippen molar-refractivity contribution in [2.24, 2.45) is 0 Å². The largest absolute Gasteiger partial charge is 0.501 e. The molecule has 1 aliphatic heterocycles. The first-order valence-electron chi connectivity index (χ1n) is 6.98. The van der Waals surface area contributed by atoms with Gasteiger partial charge in [-0.2, -0.15) is 0 Å². The summed E-state index contributed by atoms with van der Waals surface area (Å²) in [4.78, 5) is 37.3. The summed E-state index contributed by atoms with van der Waals surface area (Å²) < 4.78 is 9.82. The molecule has 0 aliphatic carbocycles. The third-order valence-electron chi connectivity index (χ3n) is 3.55. The smallest absolute Gasteiger partial charge is 0.373 e. The van der Waals surface area contributed by atoms with E-state index in [0.29, 0.717) is 11.3 Å². The number of esters is 1. The van der Waals surface area contributed by atoms with E-state index in [2.05, 4.69) is 0 Å². The Balaban J connectivity index is 2.57. The van der Waals surface area contributed by atoms with Crippen molar-refractivity contribution in [2.45, 2.75) is 12.8 Å². The fourth-order valence-electron chi connectivity index (χ4n) is 2.40. The summed E-state index contributed by atoms with van der Waals surface area (Å²) in [5.74, 6) is -3.73. The van der Waals surface area contributed by atoms with Gasteiger partial charge in [-0.25, -0.2) is 4.79 Å². The van der Waals surface area contributed by atoms with E-state index in [9.17, 15) is 19.5 Å². The Morgan fingerprint density at radius 1 is 1.35 bits per heavy atom. The van der Waals surface area contributed by atoms with Crippen LogP contribution in [0.4, 0.5) is 0 Å². The van der Waals surface area contributed by atoms with Gasteiger partial charge in [0.15, 0.2) is 0 Å². The van der Waals surface area contributed by atoms with E-state index in [1.165, 1.54) is 14.2 Å². The van der Waals surface area contributed by atoms with Gasteiger partial charge in [-0.15, -0.1) is 0 Å². The zero-order chi connectivity index (χ0) is 17.1. The zero-order valence-corrected chi connectivity index (χ0v) is 13.0. The highest BCUT2D eigenvalue weighted by Crippen LogP contribution is 2.36. The fraction of sp³-hybridized carbons (Fsp3) is 0.312. The summed E-state index contributed by atoms with van der Waals surface area (Å²) in [6, 6.07) is 6.54. The highest BCUT2D eigenvalue weighted by atomic mass is 16.5. The maximum Gasteiger partial charge on any atom is 0.373 e. The summed E-state index contributed by atoms with van der Waals surface area (Å²) in [6.45, 7) is 1.61. The van der Waals surface area contributed by atoms with E-state index in [1.807, 2.05) is 0 Å². The quantitative estimate of drug-likeness (QED) is 0.387. The van der Waals surface area contributed by atoms with Crippen molar-refractivity contribution in [3.8, 4) is 5.75 Å². The average molecular weight is 319 g/mol. The topological polar surface area (TPSA) is 93.1 Å². The molecule has 1 atom stereocenters. The number of likely N-dealkylation sites (tertiary alicyclic amines) is 1. The van der Waals surface area contributed by atoms with Crippen LogP contribution in [0.25, 0.3) is 0 Å². The number of aliphatic hydroxyl groups is 1. The summed E-state index contributed by atoms with van der Waals surface area (Å²) in [5, 5.41) is 10.1. The van der Waals surface area contributed by atoms with Gasteiger partial charge in [0.1, 0.15) is 5.75 Å². The Labute approximate surface area is 133 Å². The van der Waals surface area contributed by atoms with Gasteiger partial charge >= 0.3 is 5.97 Å². The second kappa shape index (κ2) is 6.51. The summed E-state index contributed by atoms with van der Waals surface area (Å²) in [5.41, 5.74) is 0.155. The number of ether oxygens (including phenoxy) is 2. The Bertz CT molecular complexity index is 694. The van der Waals surface area contributed by atoms with Gasteiger partial charge in [0.05, 0.1) is 25.2 Å². The molecule has 1 saturated heterocycles. The van der Waals surface area contributed by atoms with E-state index < -0.39 is 29.5 Å². The molecule has 0 bridgehead atoms. The zero-order valence-electron chi connectivity index (χ0n) is 13.0. The number of hydrogen-bond acceptors (Lipinski definition) is 6. The van der Waals surface area contributed by atoms with Crippen LogP contribution in [0.5, 0.6) is 5.75 Å². The van der Waals surface area contributed by atoms with E-state index in [0.717, 1.165) is 4.90 Å². The van der Waals surface area contributed by atoms with Gasteiger partial charge in [-0.3, -0.25) is 14.5 Å². The Hall–Kier alpha value is -2.83. The number of rotatable bonds is 4. The molecule has 0 radical (unpaired) electrons. The van der Waals surface area contributed by atoms with E-state index in [4.69, 9.17) is 9.47 Å². The second-order valence-electron chi connectivity index (χ2n) is 4.89. The number of amides is 2. The Kier molecular flexibility index (Phi) is 4.68. The molecular weight excluding hydrogens is 302 g/mol. The molecule has 122 valence electrons. The molecule has 23 heavy (non-hydrogen) atoms. The predicted octanol–water partition coefficient (Wildman–Crippen LogP) is 1.15. The number of likely N-dealkylation sites (N-methyl/N-ethyl adjacent to an activating group) is 1. The minimum absolute atomic E-state index is 0.0397. The molecule has 0 saturated carbocycles. The maximum absolute atomic E-state index is 12.4. The molecule has 7 nitrogen and oxygen atoms in total. The lowest BCUT2D eigenvalue weighted by Gasteiger charge is -2.12. The molecule has 0 spiro atoms. The molecule has 1 unspecified atom stereocenters. The van der Waals surface area contributed by atoms with Gasteiger partial charge in [0.2, 0.25) is 11.7 Å². The second-order valence-corrected chi connectivity index (χ2v) is 4.89. The van der Waals surface area contributed by atoms with Crippen molar-refractivity contribution >= 4 is 17.8 Å². The van der Waals surface area contributed by atoms with Crippen molar-refractivity contribution in [3.63, 3.8) is 0 Å². The summed E-state index contributed by atoms with van der Waals surface area (Å²) in [6.07, 6.45) is 0. The van der Waals surface area contributed by atoms with E-state index in [1.54, 1.807) is 31.2 Å². The van der Waals surface area contributed by atoms with Crippen molar-refractivity contribution in [2.75, 3.05) is 20.8 Å². The van der Waals surface area contributed by atoms with Crippen LogP contribution in [0.2, 0.25) is 0 Å². The maximum atomic E-state index is 12.4. The molecule has 1 N–H and O–H groups in total. The molecule has 1 aliphatic rings. The van der Waals surface area contributed by atoms with Gasteiger partial charge in [0.25, 0.3) is 5.91 Å². The number of hydrogen-bond donors (Lipinski definition) is 1. The van der Waals surface area contributed by atoms with Crippen LogP contribution in [-0.2, 0) is 19.1 Å². The SMILES string of the molecule is CCOC(=O)/C(O)=C1/C(=O)N(C)C(=O)C1c1cccc(OC)c1. The van der Waals surface area contributed by atoms with Crippen molar-refractivity contribution < 1.29 is 29.0 Å². The molecule has 0 aromatic heterocycles. The van der Waals surface area contributed by atoms with Crippen LogP contribution in [0.15, 0.2) is 35.6 Å². The number of benzene rings is 1. The van der Waals surface area contributed by atoms with Gasteiger partial charge in [-0.1, -0.05) is 12.1 Å². The predicted molar refractivity (Wildman–Crippen MR) is 79.8 cm³/mol. The van der Waals surface area contributed by atoms with Gasteiger partial charge in [-0.05, 0) is 24.6 Å². The third kappa shape index (κ3) is 2.90. The number of nitrogens with zero attached hydrogens (tertiary/aromatic N) is 1. The summed E-state index contributed by atoms with van der Waals surface area (Å²) in [7, 11) is 2.77. The number of methoxy groups -OCH3 is 1. The van der Waals surface area contributed by atoms with E-state index in [-0.39, 0.29) is 12.2 Å².